The summed E-state index contributed by atoms with van der Waals surface area (Å²) in [4.78, 5) is 10.4. The topological polar surface area (TPSA) is 77.0 Å². The zero-order chi connectivity index (χ0) is 34.0. The Hall–Kier alpha value is -0.0100. The molecular formula is C38H82N2O5P+. The van der Waals surface area contributed by atoms with E-state index in [-0.39, 0.29) is 6.61 Å². The van der Waals surface area contributed by atoms with Crippen LogP contribution in [-0.4, -0.2) is 76.1 Å². The number of quaternary nitrogens is 1. The van der Waals surface area contributed by atoms with Crippen molar-refractivity contribution >= 4 is 7.82 Å². The number of nitrogens with zero attached hydrogens (tertiary/aromatic N) is 1. The number of nitrogens with one attached hydrogen (secondary N) is 1. The van der Waals surface area contributed by atoms with Gasteiger partial charge >= 0.3 is 7.82 Å². The highest BCUT2D eigenvalue weighted by Gasteiger charge is 2.27. The molecule has 0 radical (unpaired) electrons. The van der Waals surface area contributed by atoms with Gasteiger partial charge in [0.2, 0.25) is 0 Å². The second kappa shape index (κ2) is 33.5. The van der Waals surface area contributed by atoms with Crippen LogP contribution in [0, 0.1) is 0 Å². The highest BCUT2D eigenvalue weighted by molar-refractivity contribution is 7.47. The molecule has 2 N–H and O–H groups in total. The summed E-state index contributed by atoms with van der Waals surface area (Å²) in [7, 11) is 1.94. The molecule has 0 bridgehead atoms. The molecule has 0 aromatic rings. The third kappa shape index (κ3) is 36.8. The molecule has 0 fully saturated rings. The van der Waals surface area contributed by atoms with E-state index in [1.54, 1.807) is 0 Å². The number of phosphoric ester groups is 1. The lowest BCUT2D eigenvalue weighted by atomic mass is 10.0. The minimum absolute atomic E-state index is 0.177. The van der Waals surface area contributed by atoms with E-state index in [9.17, 15) is 9.46 Å². The van der Waals surface area contributed by atoms with Crippen LogP contribution in [0.2, 0.25) is 0 Å². The van der Waals surface area contributed by atoms with E-state index < -0.39 is 13.9 Å². The van der Waals surface area contributed by atoms with Gasteiger partial charge in [-0.15, -0.1) is 0 Å². The Labute approximate surface area is 287 Å². The van der Waals surface area contributed by atoms with Crippen molar-refractivity contribution < 1.29 is 27.7 Å². The van der Waals surface area contributed by atoms with Crippen LogP contribution in [0.4, 0.5) is 0 Å². The molecule has 2 unspecified atom stereocenters. The van der Waals surface area contributed by atoms with Gasteiger partial charge in [-0.25, -0.2) is 4.57 Å². The van der Waals surface area contributed by atoms with Crippen molar-refractivity contribution in [1.29, 1.82) is 0 Å². The summed E-state index contributed by atoms with van der Waals surface area (Å²) in [5.41, 5.74) is 0. The lowest BCUT2D eigenvalue weighted by Gasteiger charge is -2.25. The van der Waals surface area contributed by atoms with Crippen LogP contribution in [-0.2, 0) is 18.3 Å². The van der Waals surface area contributed by atoms with Crippen molar-refractivity contribution in [1.82, 2.24) is 5.32 Å². The summed E-state index contributed by atoms with van der Waals surface area (Å²) >= 11 is 0. The summed E-state index contributed by atoms with van der Waals surface area (Å²) in [5, 5.41) is 3.44. The Bertz CT molecular complexity index is 661. The van der Waals surface area contributed by atoms with E-state index in [1.807, 2.05) is 21.1 Å². The predicted octanol–water partition coefficient (Wildman–Crippen LogP) is 11.0. The molecule has 0 aromatic heterocycles. The molecule has 0 saturated carbocycles. The van der Waals surface area contributed by atoms with Crippen molar-refractivity contribution in [3.05, 3.63) is 0 Å². The Morgan fingerprint density at radius 1 is 0.587 bits per heavy atom. The SMILES string of the molecule is CCCCCCCCCCCCCCCCNCC(COCCCCCCCCCCCCCC)OP(=O)(O)OCC[N+](C)(C)C. The minimum Gasteiger partial charge on any atom is -0.379 e. The van der Waals surface area contributed by atoms with Crippen molar-refractivity contribution in [2.75, 3.05) is 60.6 Å². The molecule has 0 heterocycles. The molecule has 0 aromatic carbocycles. The molecular weight excluding hydrogens is 595 g/mol. The molecule has 0 spiro atoms. The Kier molecular flexibility index (Phi) is 33.5. The van der Waals surface area contributed by atoms with E-state index in [4.69, 9.17) is 13.8 Å². The van der Waals surface area contributed by atoms with E-state index >= 15 is 0 Å². The number of rotatable bonds is 38. The van der Waals surface area contributed by atoms with Crippen molar-refractivity contribution in [2.24, 2.45) is 0 Å². The van der Waals surface area contributed by atoms with Gasteiger partial charge in [-0.2, -0.15) is 0 Å². The highest BCUT2D eigenvalue weighted by Crippen LogP contribution is 2.44. The van der Waals surface area contributed by atoms with Crippen LogP contribution in [0.1, 0.15) is 181 Å². The van der Waals surface area contributed by atoms with Crippen molar-refractivity contribution in [2.45, 2.75) is 187 Å². The van der Waals surface area contributed by atoms with Crippen LogP contribution in [0.3, 0.4) is 0 Å². The maximum Gasteiger partial charge on any atom is 0.472 e. The lowest BCUT2D eigenvalue weighted by molar-refractivity contribution is -0.870. The van der Waals surface area contributed by atoms with Gasteiger partial charge < -0.3 is 19.4 Å². The van der Waals surface area contributed by atoms with Gasteiger partial charge in [0.1, 0.15) is 19.3 Å². The summed E-state index contributed by atoms with van der Waals surface area (Å²) in [6, 6.07) is 0. The second-order valence-corrected chi connectivity index (χ2v) is 16.2. The van der Waals surface area contributed by atoms with E-state index in [2.05, 4.69) is 19.2 Å². The molecule has 46 heavy (non-hydrogen) atoms. The normalized spacial score (nSPS) is 14.1. The molecule has 8 heteroatoms. The van der Waals surface area contributed by atoms with Gasteiger partial charge in [-0.1, -0.05) is 168 Å². The molecule has 278 valence electrons. The largest absolute Gasteiger partial charge is 0.472 e. The fourth-order valence-electron chi connectivity index (χ4n) is 5.74. The van der Waals surface area contributed by atoms with Crippen LogP contribution in [0.15, 0.2) is 0 Å². The molecule has 0 aliphatic carbocycles. The number of ether oxygens (including phenoxy) is 1. The van der Waals surface area contributed by atoms with Gasteiger partial charge in [0.05, 0.1) is 27.7 Å². The smallest absolute Gasteiger partial charge is 0.379 e. The van der Waals surface area contributed by atoms with Gasteiger partial charge in [0.15, 0.2) is 0 Å². The van der Waals surface area contributed by atoms with Crippen LogP contribution in [0.25, 0.3) is 0 Å². The number of hydrogen-bond donors (Lipinski definition) is 2. The summed E-state index contributed by atoms with van der Waals surface area (Å²) in [6.07, 6.45) is 34.1. The molecule has 0 aliphatic rings. The maximum atomic E-state index is 12.7. The van der Waals surface area contributed by atoms with E-state index in [1.165, 1.54) is 154 Å². The average molecular weight is 678 g/mol. The maximum absolute atomic E-state index is 12.7. The third-order valence-corrected chi connectivity index (χ3v) is 9.90. The highest BCUT2D eigenvalue weighted by atomic mass is 31.2. The molecule has 7 nitrogen and oxygen atoms in total. The first-order valence-corrected chi connectivity index (χ1v) is 21.4. The van der Waals surface area contributed by atoms with Crippen molar-refractivity contribution in [3.8, 4) is 0 Å². The Balaban J connectivity index is 4.07. The van der Waals surface area contributed by atoms with Crippen molar-refractivity contribution in [3.63, 3.8) is 0 Å². The summed E-state index contributed by atoms with van der Waals surface area (Å²) in [5.74, 6) is 0. The fraction of sp³-hybridized carbons (Fsp3) is 1.00. The summed E-state index contributed by atoms with van der Waals surface area (Å²) < 4.78 is 30.1. The third-order valence-electron chi connectivity index (χ3n) is 8.82. The fourth-order valence-corrected chi connectivity index (χ4v) is 6.63. The zero-order valence-electron chi connectivity index (χ0n) is 31.7. The van der Waals surface area contributed by atoms with Gasteiger partial charge in [0, 0.05) is 13.2 Å². The Morgan fingerprint density at radius 2 is 0.978 bits per heavy atom. The molecule has 0 saturated heterocycles. The number of unbranched alkanes of at least 4 members (excludes halogenated alkanes) is 24. The van der Waals surface area contributed by atoms with E-state index in [0.29, 0.717) is 30.8 Å². The van der Waals surface area contributed by atoms with Crippen LogP contribution >= 0.6 is 7.82 Å². The predicted molar refractivity (Wildman–Crippen MR) is 199 cm³/mol. The molecule has 2 atom stereocenters. The quantitative estimate of drug-likeness (QED) is 0.0385. The average Bonchev–Trinajstić information content (AvgIpc) is 3.00. The van der Waals surface area contributed by atoms with Gasteiger partial charge in [-0.05, 0) is 19.4 Å². The number of likely N-dealkylation sites (N-methyl/N-ethyl adjacent to an activating group) is 1. The van der Waals surface area contributed by atoms with Crippen LogP contribution in [0.5, 0.6) is 0 Å². The first-order chi connectivity index (χ1) is 22.2. The lowest BCUT2D eigenvalue weighted by Crippen LogP contribution is -2.37. The van der Waals surface area contributed by atoms with Crippen LogP contribution < -0.4 is 5.32 Å². The zero-order valence-corrected chi connectivity index (χ0v) is 32.6. The van der Waals surface area contributed by atoms with Gasteiger partial charge in [0.25, 0.3) is 0 Å². The molecule has 0 aliphatic heterocycles. The standard InChI is InChI=1S/C38H81N2O5P/c1-6-8-10-12-14-16-18-20-21-22-24-26-28-30-32-39-36-38(45-46(41,42)44-35-33-40(3,4)5)37-43-34-31-29-27-25-23-19-17-15-13-11-9-7-2/h38-39H,6-37H2,1-5H3/p+1. The molecule has 0 amide bonds. The number of phosphoric acid groups is 1. The molecule has 0 rings (SSSR count). The summed E-state index contributed by atoms with van der Waals surface area (Å²) in [6.45, 7) is 7.69. The number of hydrogen-bond acceptors (Lipinski definition) is 5. The first-order valence-electron chi connectivity index (χ1n) is 19.9. The monoisotopic (exact) mass is 678 g/mol. The second-order valence-electron chi connectivity index (χ2n) is 14.8. The van der Waals surface area contributed by atoms with Gasteiger partial charge in [-0.3, -0.25) is 9.05 Å². The minimum atomic E-state index is -4.14. The first kappa shape index (κ1) is 46.0. The Morgan fingerprint density at radius 3 is 1.39 bits per heavy atom. The van der Waals surface area contributed by atoms with E-state index in [0.717, 1.165) is 19.4 Å².